The van der Waals surface area contributed by atoms with Crippen LogP contribution in [0.25, 0.3) is 0 Å². The van der Waals surface area contributed by atoms with Gasteiger partial charge in [0.2, 0.25) is 0 Å². The van der Waals surface area contributed by atoms with Crippen molar-refractivity contribution in [3.8, 4) is 0 Å². The average Bonchev–Trinajstić information content (AvgIpc) is 2.27. The van der Waals surface area contributed by atoms with Crippen LogP contribution in [-0.2, 0) is 11.3 Å². The quantitative estimate of drug-likeness (QED) is 0.758. The van der Waals surface area contributed by atoms with Crippen molar-refractivity contribution in [1.82, 2.24) is 4.90 Å². The van der Waals surface area contributed by atoms with Crippen LogP contribution >= 0.6 is 0 Å². The molecule has 1 aliphatic rings. The fraction of sp³-hybridized carbons (Fsp3) is 0.500. The summed E-state index contributed by atoms with van der Waals surface area (Å²) in [7, 11) is 0. The van der Waals surface area contributed by atoms with Crippen LogP contribution in [0.1, 0.15) is 25.8 Å². The lowest BCUT2D eigenvalue weighted by atomic mass is 9.92. The fourth-order valence-electron chi connectivity index (χ4n) is 2.33. The van der Waals surface area contributed by atoms with Gasteiger partial charge in [-0.15, -0.1) is 0 Å². The summed E-state index contributed by atoms with van der Waals surface area (Å²) in [5.74, 6) is 0.621. The zero-order valence-corrected chi connectivity index (χ0v) is 10.0. The fourth-order valence-corrected chi connectivity index (χ4v) is 2.33. The van der Waals surface area contributed by atoms with Crippen LogP contribution in [0, 0.1) is 5.92 Å². The van der Waals surface area contributed by atoms with Crippen LogP contribution in [0.2, 0.25) is 0 Å². The SMILES string of the molecule is CC1CC(C)N(Cc2ccccc2)CC1=O. The second-order valence-corrected chi connectivity index (χ2v) is 4.84. The van der Waals surface area contributed by atoms with Crippen molar-refractivity contribution >= 4 is 5.78 Å². The molecule has 0 amide bonds. The molecule has 1 aliphatic heterocycles. The zero-order chi connectivity index (χ0) is 11.5. The van der Waals surface area contributed by atoms with Gasteiger partial charge in [0.1, 0.15) is 5.78 Å². The van der Waals surface area contributed by atoms with Gasteiger partial charge in [0, 0.05) is 18.5 Å². The summed E-state index contributed by atoms with van der Waals surface area (Å²) in [6, 6.07) is 10.9. The molecule has 0 radical (unpaired) electrons. The summed E-state index contributed by atoms with van der Waals surface area (Å²) in [4.78, 5) is 14.0. The average molecular weight is 217 g/mol. The summed E-state index contributed by atoms with van der Waals surface area (Å²) in [6.07, 6.45) is 0.992. The Morgan fingerprint density at radius 1 is 1.25 bits per heavy atom. The Balaban J connectivity index is 2.02. The van der Waals surface area contributed by atoms with Crippen LogP contribution in [0.5, 0.6) is 0 Å². The highest BCUT2D eigenvalue weighted by Crippen LogP contribution is 2.21. The number of carbonyl (C=O) groups excluding carboxylic acids is 1. The molecule has 2 nitrogen and oxygen atoms in total. The maximum absolute atomic E-state index is 11.7. The molecule has 86 valence electrons. The predicted molar refractivity (Wildman–Crippen MR) is 65.1 cm³/mol. The van der Waals surface area contributed by atoms with E-state index < -0.39 is 0 Å². The van der Waals surface area contributed by atoms with Gasteiger partial charge in [-0.3, -0.25) is 9.69 Å². The minimum atomic E-state index is 0.238. The van der Waals surface area contributed by atoms with Gasteiger partial charge in [-0.2, -0.15) is 0 Å². The highest BCUT2D eigenvalue weighted by molar-refractivity contribution is 5.83. The van der Waals surface area contributed by atoms with E-state index in [2.05, 4.69) is 24.0 Å². The van der Waals surface area contributed by atoms with E-state index >= 15 is 0 Å². The minimum Gasteiger partial charge on any atom is -0.298 e. The number of nitrogens with zero attached hydrogens (tertiary/aromatic N) is 1. The van der Waals surface area contributed by atoms with Crippen molar-refractivity contribution in [3.63, 3.8) is 0 Å². The Labute approximate surface area is 97.3 Å². The molecule has 0 aliphatic carbocycles. The largest absolute Gasteiger partial charge is 0.298 e. The second-order valence-electron chi connectivity index (χ2n) is 4.84. The van der Waals surface area contributed by atoms with E-state index in [0.29, 0.717) is 18.4 Å². The third kappa shape index (κ3) is 2.50. The lowest BCUT2D eigenvalue weighted by Crippen LogP contribution is -2.45. The molecule has 2 unspecified atom stereocenters. The molecular weight excluding hydrogens is 198 g/mol. The van der Waals surface area contributed by atoms with Crippen molar-refractivity contribution in [2.24, 2.45) is 5.92 Å². The van der Waals surface area contributed by atoms with E-state index in [-0.39, 0.29) is 5.92 Å². The van der Waals surface area contributed by atoms with Crippen molar-refractivity contribution in [3.05, 3.63) is 35.9 Å². The first kappa shape index (κ1) is 11.3. The Hall–Kier alpha value is -1.15. The number of ketones is 1. The number of Topliss-reactive ketones (excluding diaryl/α,β-unsaturated/α-hetero) is 1. The minimum absolute atomic E-state index is 0.238. The summed E-state index contributed by atoms with van der Waals surface area (Å²) >= 11 is 0. The summed E-state index contributed by atoms with van der Waals surface area (Å²) in [5.41, 5.74) is 1.29. The number of hydrogen-bond acceptors (Lipinski definition) is 2. The lowest BCUT2D eigenvalue weighted by molar-refractivity contribution is -0.128. The third-order valence-corrected chi connectivity index (χ3v) is 3.46. The number of piperidine rings is 1. The van der Waals surface area contributed by atoms with Crippen molar-refractivity contribution in [2.45, 2.75) is 32.9 Å². The maximum atomic E-state index is 11.7. The van der Waals surface area contributed by atoms with Gasteiger partial charge in [-0.05, 0) is 18.9 Å². The van der Waals surface area contributed by atoms with Gasteiger partial charge in [-0.25, -0.2) is 0 Å². The molecular formula is C14H19NO. The van der Waals surface area contributed by atoms with E-state index in [1.165, 1.54) is 5.56 Å². The first-order chi connectivity index (χ1) is 7.66. The topological polar surface area (TPSA) is 20.3 Å². The standard InChI is InChI=1S/C14H19NO/c1-11-8-12(2)15(10-14(11)16)9-13-6-4-3-5-7-13/h3-7,11-12H,8-10H2,1-2H3. The highest BCUT2D eigenvalue weighted by atomic mass is 16.1. The maximum Gasteiger partial charge on any atom is 0.149 e. The van der Waals surface area contributed by atoms with E-state index in [9.17, 15) is 4.79 Å². The molecule has 0 aromatic heterocycles. The molecule has 16 heavy (non-hydrogen) atoms. The summed E-state index contributed by atoms with van der Waals surface area (Å²) < 4.78 is 0. The molecule has 1 aromatic carbocycles. The second kappa shape index (κ2) is 4.79. The molecule has 2 atom stereocenters. The van der Waals surface area contributed by atoms with E-state index in [1.807, 2.05) is 25.1 Å². The van der Waals surface area contributed by atoms with E-state index in [1.54, 1.807) is 0 Å². The van der Waals surface area contributed by atoms with Crippen LogP contribution in [0.3, 0.4) is 0 Å². The lowest BCUT2D eigenvalue weighted by Gasteiger charge is -2.35. The molecule has 1 heterocycles. The molecule has 1 fully saturated rings. The number of benzene rings is 1. The van der Waals surface area contributed by atoms with Gasteiger partial charge in [-0.1, -0.05) is 37.3 Å². The number of likely N-dealkylation sites (tertiary alicyclic amines) is 1. The summed E-state index contributed by atoms with van der Waals surface area (Å²) in [6.45, 7) is 5.75. The third-order valence-electron chi connectivity index (χ3n) is 3.46. The van der Waals surface area contributed by atoms with Crippen LogP contribution in [0.4, 0.5) is 0 Å². The zero-order valence-electron chi connectivity index (χ0n) is 10.0. The molecule has 2 rings (SSSR count). The van der Waals surface area contributed by atoms with Crippen LogP contribution < -0.4 is 0 Å². The number of rotatable bonds is 2. The Kier molecular flexibility index (Phi) is 3.39. The molecule has 0 N–H and O–H groups in total. The van der Waals surface area contributed by atoms with Gasteiger partial charge >= 0.3 is 0 Å². The summed E-state index contributed by atoms with van der Waals surface area (Å²) in [5, 5.41) is 0. The number of carbonyl (C=O) groups is 1. The molecule has 1 saturated heterocycles. The normalized spacial score (nSPS) is 27.0. The molecule has 2 heteroatoms. The molecule has 0 saturated carbocycles. The van der Waals surface area contributed by atoms with Crippen molar-refractivity contribution in [1.29, 1.82) is 0 Å². The first-order valence-corrected chi connectivity index (χ1v) is 5.97. The molecule has 1 aromatic rings. The smallest absolute Gasteiger partial charge is 0.149 e. The van der Waals surface area contributed by atoms with Crippen LogP contribution in [-0.4, -0.2) is 23.3 Å². The van der Waals surface area contributed by atoms with E-state index in [0.717, 1.165) is 13.0 Å². The highest BCUT2D eigenvalue weighted by Gasteiger charge is 2.28. The van der Waals surface area contributed by atoms with E-state index in [4.69, 9.17) is 0 Å². The van der Waals surface area contributed by atoms with Gasteiger partial charge in [0.05, 0.1) is 6.54 Å². The Bertz CT molecular complexity index is 360. The first-order valence-electron chi connectivity index (χ1n) is 5.97. The number of hydrogen-bond donors (Lipinski definition) is 0. The van der Waals surface area contributed by atoms with Crippen molar-refractivity contribution in [2.75, 3.05) is 6.54 Å². The van der Waals surface area contributed by atoms with Gasteiger partial charge in [0.15, 0.2) is 0 Å². The Morgan fingerprint density at radius 3 is 2.62 bits per heavy atom. The predicted octanol–water partition coefficient (Wildman–Crippen LogP) is 2.49. The van der Waals surface area contributed by atoms with Gasteiger partial charge < -0.3 is 0 Å². The van der Waals surface area contributed by atoms with Gasteiger partial charge in [0.25, 0.3) is 0 Å². The monoisotopic (exact) mass is 217 g/mol. The molecule has 0 spiro atoms. The van der Waals surface area contributed by atoms with Crippen LogP contribution in [0.15, 0.2) is 30.3 Å². The molecule has 0 bridgehead atoms. The Morgan fingerprint density at radius 2 is 1.94 bits per heavy atom. The van der Waals surface area contributed by atoms with Crippen molar-refractivity contribution < 1.29 is 4.79 Å².